The van der Waals surface area contributed by atoms with Crippen LogP contribution < -0.4 is 5.73 Å². The van der Waals surface area contributed by atoms with Crippen LogP contribution in [0.15, 0.2) is 41.3 Å². The third-order valence-corrected chi connectivity index (χ3v) is 4.22. The molecule has 1 aromatic heterocycles. The summed E-state index contributed by atoms with van der Waals surface area (Å²) in [5.41, 5.74) is 6.31. The van der Waals surface area contributed by atoms with Crippen molar-refractivity contribution >= 4 is 39.9 Å². The van der Waals surface area contributed by atoms with Gasteiger partial charge >= 0.3 is 0 Å². The molecule has 27 heavy (non-hydrogen) atoms. The third-order valence-electron chi connectivity index (χ3n) is 2.77. The molecule has 0 atom stereocenters. The highest BCUT2D eigenvalue weighted by Crippen LogP contribution is 2.22. The first kappa shape index (κ1) is 21.9. The lowest BCUT2D eigenvalue weighted by atomic mass is 10.3. The predicted molar refractivity (Wildman–Crippen MR) is 103 cm³/mol. The lowest BCUT2D eigenvalue weighted by Gasteiger charge is -1.95. The van der Waals surface area contributed by atoms with Crippen LogP contribution in [0.4, 0.5) is 14.5 Å². The summed E-state index contributed by atoms with van der Waals surface area (Å²) in [6.45, 7) is 0. The minimum absolute atomic E-state index is 0. The van der Waals surface area contributed by atoms with Gasteiger partial charge in [0.15, 0.2) is 0 Å². The Kier molecular flexibility index (Phi) is 9.25. The summed E-state index contributed by atoms with van der Waals surface area (Å²) in [5, 5.41) is 24.4. The van der Waals surface area contributed by atoms with Gasteiger partial charge in [0.2, 0.25) is 0 Å². The van der Waals surface area contributed by atoms with Crippen molar-refractivity contribution in [2.75, 3.05) is 5.73 Å². The van der Waals surface area contributed by atoms with E-state index in [0.717, 1.165) is 9.71 Å². The molecule has 1 heterocycles. The molecule has 0 bridgehead atoms. The summed E-state index contributed by atoms with van der Waals surface area (Å²) in [6, 6.07) is 13.9. The second-order valence-electron chi connectivity index (χ2n) is 4.75. The van der Waals surface area contributed by atoms with Crippen LogP contribution >= 0.6 is 24.0 Å². The van der Waals surface area contributed by atoms with Crippen molar-refractivity contribution in [2.24, 2.45) is 0 Å². The summed E-state index contributed by atoms with van der Waals surface area (Å²) in [5.74, 6) is -0.619. The van der Waals surface area contributed by atoms with Crippen molar-refractivity contribution in [1.29, 1.82) is 15.8 Å². The first-order chi connectivity index (χ1) is 12.9. The van der Waals surface area contributed by atoms with Gasteiger partial charge in [-0.2, -0.15) is 15.8 Å². The van der Waals surface area contributed by atoms with E-state index in [4.69, 9.17) is 21.5 Å². The second-order valence-corrected chi connectivity index (χ2v) is 6.35. The summed E-state index contributed by atoms with van der Waals surface area (Å²) in [7, 11) is 0. The quantitative estimate of drug-likeness (QED) is 0.456. The third kappa shape index (κ3) is 7.70. The van der Waals surface area contributed by atoms with E-state index in [0.29, 0.717) is 22.5 Å². The molecule has 0 aliphatic heterocycles. The summed E-state index contributed by atoms with van der Waals surface area (Å²) in [4.78, 5) is 4.73. The number of fused-ring (bicyclic) bond motifs is 1. The summed E-state index contributed by atoms with van der Waals surface area (Å²) >= 11 is 5.38. The van der Waals surface area contributed by atoms with Crippen molar-refractivity contribution in [3.8, 4) is 18.2 Å². The maximum atomic E-state index is 12.7. The van der Waals surface area contributed by atoms with Crippen LogP contribution in [0.2, 0.25) is 0 Å². The number of rotatable bonds is 1. The monoisotopic (exact) mass is 401 g/mol. The molecule has 2 aromatic carbocycles. The largest absolute Gasteiger partial charge is 0.398 e. The first-order valence-corrected chi connectivity index (χ1v) is 8.57. The van der Waals surface area contributed by atoms with Crippen molar-refractivity contribution in [3.63, 3.8) is 0 Å². The number of nitrogens with zero attached hydrogens (tertiary/aromatic N) is 4. The highest BCUT2D eigenvalue weighted by molar-refractivity contribution is 7.80. The summed E-state index contributed by atoms with van der Waals surface area (Å²) < 4.78 is 25.9. The molecule has 0 aliphatic rings. The number of thiol groups is 1. The minimum atomic E-state index is -0.328. The molecular formula is C18H13F2N5S2. The number of halogens is 2. The van der Waals surface area contributed by atoms with Crippen molar-refractivity contribution in [2.45, 2.75) is 17.7 Å². The zero-order chi connectivity index (χ0) is 20.2. The average molecular weight is 401 g/mol. The van der Waals surface area contributed by atoms with E-state index in [-0.39, 0.29) is 18.1 Å². The van der Waals surface area contributed by atoms with Crippen LogP contribution in [0.3, 0.4) is 0 Å². The zero-order valence-corrected chi connectivity index (χ0v) is 15.6. The molecule has 3 aromatic rings. The molecule has 3 rings (SSSR count). The van der Waals surface area contributed by atoms with Gasteiger partial charge in [-0.25, -0.2) is 13.8 Å². The number of nitriles is 3. The van der Waals surface area contributed by atoms with Crippen LogP contribution in [0.1, 0.15) is 11.4 Å². The smallest absolute Gasteiger partial charge is 0.125 e. The van der Waals surface area contributed by atoms with E-state index in [1.807, 2.05) is 6.07 Å². The van der Waals surface area contributed by atoms with Gasteiger partial charge in [0, 0.05) is 16.6 Å². The second kappa shape index (κ2) is 11.4. The molecular weight excluding hydrogens is 388 g/mol. The number of nitrogen functional groups attached to an aromatic ring is 1. The number of anilines is 1. The normalized spacial score (nSPS) is 8.89. The highest BCUT2D eigenvalue weighted by Gasteiger charge is 2.03. The minimum Gasteiger partial charge on any atom is -0.398 e. The maximum absolute atomic E-state index is 12.7. The highest BCUT2D eigenvalue weighted by atomic mass is 32.1. The van der Waals surface area contributed by atoms with Crippen LogP contribution in [0, 0.1) is 45.6 Å². The Morgan fingerprint density at radius 2 is 1.63 bits per heavy atom. The molecule has 136 valence electrons. The predicted octanol–water partition coefficient (Wildman–Crippen LogP) is 4.62. The number of nitrogens with two attached hydrogens (primary N) is 1. The standard InChI is InChI=1S/C9H5FN2S.C6H6FNS.C3H2N2/c10-6-1-2-8-7(5-6)12-9(13-8)3-4-11;7-4-1-2-6(9)5(8)3-4;4-2-1-3-5/h1-2,5H,3H2;1-3,9H,8H2;1H2. The Morgan fingerprint density at radius 1 is 1.00 bits per heavy atom. The number of hydrogen-bond donors (Lipinski definition) is 2. The first-order valence-electron chi connectivity index (χ1n) is 7.31. The number of hydrogen-bond acceptors (Lipinski definition) is 7. The molecule has 9 heteroatoms. The molecule has 0 amide bonds. The number of thiazole rings is 1. The van der Waals surface area contributed by atoms with Crippen LogP contribution in [0.5, 0.6) is 0 Å². The molecule has 0 radical (unpaired) electrons. The van der Waals surface area contributed by atoms with Gasteiger partial charge in [-0.05, 0) is 30.3 Å². The van der Waals surface area contributed by atoms with Crippen LogP contribution in [-0.2, 0) is 6.42 Å². The molecule has 0 saturated carbocycles. The van der Waals surface area contributed by atoms with Crippen molar-refractivity contribution < 1.29 is 8.78 Å². The van der Waals surface area contributed by atoms with E-state index < -0.39 is 0 Å². The van der Waals surface area contributed by atoms with Gasteiger partial charge in [0.25, 0.3) is 0 Å². The van der Waals surface area contributed by atoms with E-state index in [2.05, 4.69) is 17.6 Å². The van der Waals surface area contributed by atoms with E-state index in [1.165, 1.54) is 41.7 Å². The number of aromatic nitrogens is 1. The van der Waals surface area contributed by atoms with Crippen LogP contribution in [-0.4, -0.2) is 4.98 Å². The van der Waals surface area contributed by atoms with Crippen LogP contribution in [0.25, 0.3) is 10.2 Å². The molecule has 0 spiro atoms. The topological polar surface area (TPSA) is 110 Å². The van der Waals surface area contributed by atoms with E-state index in [1.54, 1.807) is 18.2 Å². The average Bonchev–Trinajstić information content (AvgIpc) is 3.02. The van der Waals surface area contributed by atoms with Gasteiger partial charge in [-0.15, -0.1) is 24.0 Å². The molecule has 0 saturated heterocycles. The van der Waals surface area contributed by atoms with Crippen molar-refractivity contribution in [1.82, 2.24) is 4.98 Å². The fourth-order valence-electron chi connectivity index (χ4n) is 1.65. The molecule has 0 fully saturated rings. The van der Waals surface area contributed by atoms with Gasteiger partial charge in [0.05, 0.1) is 34.8 Å². The van der Waals surface area contributed by atoms with E-state index in [9.17, 15) is 8.78 Å². The van der Waals surface area contributed by atoms with Gasteiger partial charge < -0.3 is 5.73 Å². The number of benzene rings is 2. The lowest BCUT2D eigenvalue weighted by Crippen LogP contribution is -1.86. The molecule has 2 N–H and O–H groups in total. The SMILES string of the molecule is N#CCC#N.N#CCc1nc2cc(F)ccc2s1.Nc1cc(F)ccc1S. The molecule has 0 aliphatic carbocycles. The van der Waals surface area contributed by atoms with Gasteiger partial charge in [-0.1, -0.05) is 0 Å². The maximum Gasteiger partial charge on any atom is 0.125 e. The lowest BCUT2D eigenvalue weighted by molar-refractivity contribution is 0.627. The summed E-state index contributed by atoms with van der Waals surface area (Å²) in [6.07, 6.45) is 0.293. The van der Waals surface area contributed by atoms with Crippen molar-refractivity contribution in [3.05, 3.63) is 53.0 Å². The molecule has 0 unspecified atom stereocenters. The van der Waals surface area contributed by atoms with Gasteiger partial charge in [0.1, 0.15) is 23.1 Å². The Bertz CT molecular complexity index is 1020. The Balaban J connectivity index is 0.000000227. The molecule has 5 nitrogen and oxygen atoms in total. The van der Waals surface area contributed by atoms with Gasteiger partial charge in [-0.3, -0.25) is 0 Å². The fourth-order valence-corrected chi connectivity index (χ4v) is 2.67. The Hall–Kier alpha value is -3.19. The Labute approximate surface area is 164 Å². The fraction of sp³-hybridized carbons (Fsp3) is 0.111. The Morgan fingerprint density at radius 3 is 2.15 bits per heavy atom. The van der Waals surface area contributed by atoms with E-state index >= 15 is 0 Å². The zero-order valence-electron chi connectivity index (χ0n) is 13.9.